The van der Waals surface area contributed by atoms with Gasteiger partial charge in [-0.2, -0.15) is 0 Å². The SMILES string of the molecule is CNS(=O)(=O)c1ccc(C(=O)Nc2ccc(C)c(Cl)c2)o1. The molecule has 0 aliphatic rings. The standard InChI is InChI=1S/C13H13ClN2O4S/c1-8-3-4-9(7-10(8)14)16-13(17)11-5-6-12(20-11)21(18,19)15-2/h3-7,15H,1-2H3,(H,16,17). The zero-order valence-electron chi connectivity index (χ0n) is 11.3. The molecule has 21 heavy (non-hydrogen) atoms. The third kappa shape index (κ3) is 3.44. The van der Waals surface area contributed by atoms with E-state index in [2.05, 4.69) is 10.0 Å². The molecule has 2 rings (SSSR count). The molecule has 0 aliphatic carbocycles. The van der Waals surface area contributed by atoms with Crippen LogP contribution in [0.25, 0.3) is 0 Å². The summed E-state index contributed by atoms with van der Waals surface area (Å²) in [4.78, 5) is 12.0. The second-order valence-corrected chi connectivity index (χ2v) is 6.47. The highest BCUT2D eigenvalue weighted by atomic mass is 35.5. The van der Waals surface area contributed by atoms with Crippen molar-refractivity contribution in [2.75, 3.05) is 12.4 Å². The third-order valence-electron chi connectivity index (χ3n) is 2.77. The van der Waals surface area contributed by atoms with Gasteiger partial charge >= 0.3 is 0 Å². The zero-order chi connectivity index (χ0) is 15.6. The third-order valence-corrected chi connectivity index (χ3v) is 4.46. The Labute approximate surface area is 127 Å². The molecule has 1 aromatic carbocycles. The van der Waals surface area contributed by atoms with Crippen molar-refractivity contribution in [1.29, 1.82) is 0 Å². The first-order valence-electron chi connectivity index (χ1n) is 5.94. The van der Waals surface area contributed by atoms with Crippen LogP contribution in [0.4, 0.5) is 5.69 Å². The predicted octanol–water partition coefficient (Wildman–Crippen LogP) is 2.40. The quantitative estimate of drug-likeness (QED) is 0.902. The molecule has 1 aromatic heterocycles. The van der Waals surface area contributed by atoms with Gasteiger partial charge in [0.2, 0.25) is 5.09 Å². The second kappa shape index (κ2) is 5.88. The molecule has 1 amide bonds. The van der Waals surface area contributed by atoms with Crippen LogP contribution in [0.15, 0.2) is 39.8 Å². The molecule has 0 unspecified atom stereocenters. The Morgan fingerprint density at radius 1 is 1.24 bits per heavy atom. The fourth-order valence-electron chi connectivity index (χ4n) is 1.55. The van der Waals surface area contributed by atoms with Crippen LogP contribution in [-0.2, 0) is 10.0 Å². The van der Waals surface area contributed by atoms with Crippen LogP contribution in [0.3, 0.4) is 0 Å². The number of hydrogen-bond donors (Lipinski definition) is 2. The van der Waals surface area contributed by atoms with E-state index in [0.29, 0.717) is 10.7 Å². The first-order chi connectivity index (χ1) is 9.83. The lowest BCUT2D eigenvalue weighted by Gasteiger charge is -2.05. The summed E-state index contributed by atoms with van der Waals surface area (Å²) < 4.78 is 30.2. The molecule has 0 aliphatic heterocycles. The molecule has 6 nitrogen and oxygen atoms in total. The Balaban J connectivity index is 2.19. The number of benzene rings is 1. The normalized spacial score (nSPS) is 11.4. The highest BCUT2D eigenvalue weighted by Crippen LogP contribution is 2.21. The Bertz CT molecular complexity index is 783. The Morgan fingerprint density at radius 3 is 2.57 bits per heavy atom. The van der Waals surface area contributed by atoms with E-state index in [1.807, 2.05) is 6.92 Å². The van der Waals surface area contributed by atoms with Gasteiger partial charge in [-0.05, 0) is 43.8 Å². The van der Waals surface area contributed by atoms with Gasteiger partial charge in [0, 0.05) is 10.7 Å². The molecule has 0 radical (unpaired) electrons. The van der Waals surface area contributed by atoms with Gasteiger partial charge in [-0.25, -0.2) is 13.1 Å². The lowest BCUT2D eigenvalue weighted by molar-refractivity contribution is 0.0991. The van der Waals surface area contributed by atoms with Crippen molar-refractivity contribution in [3.63, 3.8) is 0 Å². The van der Waals surface area contributed by atoms with Gasteiger partial charge in [-0.3, -0.25) is 4.79 Å². The minimum Gasteiger partial charge on any atom is -0.438 e. The zero-order valence-corrected chi connectivity index (χ0v) is 12.9. The number of amides is 1. The molecule has 0 atom stereocenters. The number of carbonyl (C=O) groups excluding carboxylic acids is 1. The van der Waals surface area contributed by atoms with Gasteiger partial charge in [0.1, 0.15) is 0 Å². The Hall–Kier alpha value is -1.83. The minimum absolute atomic E-state index is 0.111. The van der Waals surface area contributed by atoms with Crippen LogP contribution in [0, 0.1) is 6.92 Å². The highest BCUT2D eigenvalue weighted by Gasteiger charge is 2.19. The maximum atomic E-state index is 12.0. The summed E-state index contributed by atoms with van der Waals surface area (Å²) in [6, 6.07) is 7.55. The summed E-state index contributed by atoms with van der Waals surface area (Å²) in [5, 5.41) is 2.77. The summed E-state index contributed by atoms with van der Waals surface area (Å²) in [7, 11) is -2.46. The van der Waals surface area contributed by atoms with Crippen molar-refractivity contribution in [1.82, 2.24) is 4.72 Å². The molecular weight excluding hydrogens is 316 g/mol. The van der Waals surface area contributed by atoms with Gasteiger partial charge in [0.05, 0.1) is 0 Å². The number of halogens is 1. The molecule has 1 heterocycles. The fourth-order valence-corrected chi connectivity index (χ4v) is 2.38. The average molecular weight is 329 g/mol. The van der Waals surface area contributed by atoms with E-state index in [1.165, 1.54) is 19.2 Å². The monoisotopic (exact) mass is 328 g/mol. The lowest BCUT2D eigenvalue weighted by atomic mass is 10.2. The van der Waals surface area contributed by atoms with Crippen LogP contribution in [0.2, 0.25) is 5.02 Å². The van der Waals surface area contributed by atoms with Crippen LogP contribution in [-0.4, -0.2) is 21.4 Å². The summed E-state index contributed by atoms with van der Waals surface area (Å²) in [5.74, 6) is -0.673. The number of furan rings is 1. The number of carbonyl (C=O) groups is 1. The smallest absolute Gasteiger partial charge is 0.291 e. The average Bonchev–Trinajstić information content (AvgIpc) is 2.93. The summed E-state index contributed by atoms with van der Waals surface area (Å²) in [5.41, 5.74) is 1.38. The van der Waals surface area contributed by atoms with E-state index in [1.54, 1.807) is 18.2 Å². The Kier molecular flexibility index (Phi) is 4.36. The fraction of sp³-hybridized carbons (Fsp3) is 0.154. The van der Waals surface area contributed by atoms with Gasteiger partial charge in [-0.15, -0.1) is 0 Å². The summed E-state index contributed by atoms with van der Waals surface area (Å²) in [6.07, 6.45) is 0. The van der Waals surface area contributed by atoms with Crippen molar-refractivity contribution in [2.45, 2.75) is 12.0 Å². The van der Waals surface area contributed by atoms with Gasteiger partial charge < -0.3 is 9.73 Å². The largest absolute Gasteiger partial charge is 0.438 e. The predicted molar refractivity (Wildman–Crippen MR) is 79.1 cm³/mol. The number of aryl methyl sites for hydroxylation is 1. The summed E-state index contributed by atoms with van der Waals surface area (Å²) >= 11 is 5.96. The second-order valence-electron chi connectivity index (χ2n) is 4.24. The van der Waals surface area contributed by atoms with Crippen molar-refractivity contribution < 1.29 is 17.6 Å². The molecule has 0 spiro atoms. The number of sulfonamides is 1. The van der Waals surface area contributed by atoms with Crippen molar-refractivity contribution in [3.8, 4) is 0 Å². The van der Waals surface area contributed by atoms with Crippen molar-refractivity contribution in [3.05, 3.63) is 46.7 Å². The van der Waals surface area contributed by atoms with Crippen LogP contribution >= 0.6 is 11.6 Å². The van der Waals surface area contributed by atoms with E-state index in [9.17, 15) is 13.2 Å². The molecule has 0 bridgehead atoms. The maximum absolute atomic E-state index is 12.0. The molecule has 112 valence electrons. The molecule has 0 saturated carbocycles. The molecule has 2 N–H and O–H groups in total. The molecular formula is C13H13ClN2O4S. The van der Waals surface area contributed by atoms with Crippen molar-refractivity contribution >= 4 is 33.2 Å². The molecule has 8 heteroatoms. The lowest BCUT2D eigenvalue weighted by Crippen LogP contribution is -2.18. The maximum Gasteiger partial charge on any atom is 0.291 e. The summed E-state index contributed by atoms with van der Waals surface area (Å²) in [6.45, 7) is 1.84. The van der Waals surface area contributed by atoms with E-state index in [-0.39, 0.29) is 10.9 Å². The minimum atomic E-state index is -3.71. The van der Waals surface area contributed by atoms with E-state index >= 15 is 0 Å². The number of nitrogens with one attached hydrogen (secondary N) is 2. The Morgan fingerprint density at radius 2 is 1.95 bits per heavy atom. The van der Waals surface area contributed by atoms with Gasteiger partial charge in [0.15, 0.2) is 5.76 Å². The number of hydrogen-bond acceptors (Lipinski definition) is 4. The van der Waals surface area contributed by atoms with Crippen LogP contribution in [0.5, 0.6) is 0 Å². The van der Waals surface area contributed by atoms with E-state index < -0.39 is 15.9 Å². The number of anilines is 1. The van der Waals surface area contributed by atoms with Crippen LogP contribution in [0.1, 0.15) is 16.1 Å². The topological polar surface area (TPSA) is 88.4 Å². The molecule has 0 fully saturated rings. The van der Waals surface area contributed by atoms with E-state index in [0.717, 1.165) is 5.56 Å². The van der Waals surface area contributed by atoms with Gasteiger partial charge in [-0.1, -0.05) is 17.7 Å². The van der Waals surface area contributed by atoms with Crippen molar-refractivity contribution in [2.24, 2.45) is 0 Å². The first kappa shape index (κ1) is 15.6. The first-order valence-corrected chi connectivity index (χ1v) is 7.80. The van der Waals surface area contributed by atoms with Crippen LogP contribution < -0.4 is 10.0 Å². The number of rotatable bonds is 4. The highest BCUT2D eigenvalue weighted by molar-refractivity contribution is 7.89. The van der Waals surface area contributed by atoms with E-state index in [4.69, 9.17) is 16.0 Å². The molecule has 2 aromatic rings. The van der Waals surface area contributed by atoms with Gasteiger partial charge in [0.25, 0.3) is 15.9 Å². The molecule has 0 saturated heterocycles.